The van der Waals surface area contributed by atoms with Crippen molar-refractivity contribution in [3.8, 4) is 5.75 Å². The van der Waals surface area contributed by atoms with Crippen molar-refractivity contribution in [1.29, 1.82) is 0 Å². The average Bonchev–Trinajstić information content (AvgIpc) is 2.62. The number of amides is 1. The minimum atomic E-state index is -2.96. The van der Waals surface area contributed by atoms with Gasteiger partial charge in [0.15, 0.2) is 0 Å². The summed E-state index contributed by atoms with van der Waals surface area (Å²) in [4.78, 5) is 16.5. The first-order chi connectivity index (χ1) is 12.0. The fourth-order valence-corrected chi connectivity index (χ4v) is 2.96. The van der Waals surface area contributed by atoms with Crippen molar-refractivity contribution in [1.82, 2.24) is 4.90 Å². The molecule has 0 radical (unpaired) electrons. The summed E-state index contributed by atoms with van der Waals surface area (Å²) in [6.07, 6.45) is 0. The molecule has 25 heavy (non-hydrogen) atoms. The minimum absolute atomic E-state index is 0.0948. The van der Waals surface area contributed by atoms with Gasteiger partial charge in [0.05, 0.1) is 5.56 Å². The zero-order valence-corrected chi connectivity index (χ0v) is 14.1. The van der Waals surface area contributed by atoms with Crippen molar-refractivity contribution < 1.29 is 18.3 Å². The maximum atomic E-state index is 12.7. The van der Waals surface area contributed by atoms with E-state index in [9.17, 15) is 13.6 Å². The van der Waals surface area contributed by atoms with Crippen LogP contribution in [0.5, 0.6) is 5.75 Å². The number of hydrogen-bond donors (Lipinski definition) is 0. The van der Waals surface area contributed by atoms with E-state index in [-0.39, 0.29) is 17.2 Å². The van der Waals surface area contributed by atoms with E-state index >= 15 is 0 Å². The van der Waals surface area contributed by atoms with Crippen LogP contribution in [-0.4, -0.2) is 43.6 Å². The maximum absolute atomic E-state index is 12.7. The summed E-state index contributed by atoms with van der Waals surface area (Å²) in [5.41, 5.74) is 1.20. The third-order valence-electron chi connectivity index (χ3n) is 4.09. The van der Waals surface area contributed by atoms with Gasteiger partial charge in [-0.05, 0) is 36.4 Å². The molecule has 4 nitrogen and oxygen atoms in total. The molecule has 132 valence electrons. The lowest BCUT2D eigenvalue weighted by Gasteiger charge is -2.36. The van der Waals surface area contributed by atoms with Gasteiger partial charge in [0.2, 0.25) is 0 Å². The molecule has 0 bridgehead atoms. The molecule has 0 unspecified atom stereocenters. The summed E-state index contributed by atoms with van der Waals surface area (Å²) in [5.74, 6) is -0.394. The van der Waals surface area contributed by atoms with Crippen LogP contribution in [0.25, 0.3) is 0 Å². The highest BCUT2D eigenvalue weighted by Gasteiger charge is 2.25. The van der Waals surface area contributed by atoms with Crippen molar-refractivity contribution in [2.75, 3.05) is 31.1 Å². The van der Waals surface area contributed by atoms with Gasteiger partial charge in [-0.2, -0.15) is 8.78 Å². The molecule has 0 aliphatic carbocycles. The molecule has 1 heterocycles. The molecule has 2 aromatic carbocycles. The Morgan fingerprint density at radius 1 is 1.00 bits per heavy atom. The number of carbonyl (C=O) groups excluding carboxylic acids is 1. The molecule has 0 N–H and O–H groups in total. The topological polar surface area (TPSA) is 32.8 Å². The standard InChI is InChI=1S/C18H17ClF2N2O2/c19-13-5-7-14(8-6-13)22-9-11-23(12-10-22)17(24)15-3-1-2-4-16(15)25-18(20)21/h1-8,18H,9-12H2. The van der Waals surface area contributed by atoms with E-state index in [2.05, 4.69) is 9.64 Å². The summed E-state index contributed by atoms with van der Waals surface area (Å²) in [5, 5.41) is 0.674. The van der Waals surface area contributed by atoms with Gasteiger partial charge < -0.3 is 14.5 Å². The molecule has 1 aliphatic rings. The van der Waals surface area contributed by atoms with E-state index in [0.29, 0.717) is 31.2 Å². The van der Waals surface area contributed by atoms with Crippen molar-refractivity contribution in [3.63, 3.8) is 0 Å². The molecule has 1 saturated heterocycles. The van der Waals surface area contributed by atoms with Gasteiger partial charge in [0.1, 0.15) is 5.75 Å². The normalized spacial score (nSPS) is 14.7. The molecule has 1 aliphatic heterocycles. The van der Waals surface area contributed by atoms with Gasteiger partial charge in [0.25, 0.3) is 5.91 Å². The van der Waals surface area contributed by atoms with E-state index in [4.69, 9.17) is 11.6 Å². The Bertz CT molecular complexity index is 732. The zero-order chi connectivity index (χ0) is 17.8. The Kier molecular flexibility index (Phi) is 5.38. The van der Waals surface area contributed by atoms with Gasteiger partial charge in [-0.3, -0.25) is 4.79 Å². The number of para-hydroxylation sites is 1. The number of rotatable bonds is 4. The van der Waals surface area contributed by atoms with Crippen LogP contribution in [0.4, 0.5) is 14.5 Å². The third-order valence-corrected chi connectivity index (χ3v) is 4.34. The Hall–Kier alpha value is -2.34. The van der Waals surface area contributed by atoms with E-state index in [1.165, 1.54) is 12.1 Å². The minimum Gasteiger partial charge on any atom is -0.434 e. The second-order valence-electron chi connectivity index (χ2n) is 5.63. The average molecular weight is 367 g/mol. The molecule has 0 aromatic heterocycles. The monoisotopic (exact) mass is 366 g/mol. The zero-order valence-electron chi connectivity index (χ0n) is 13.4. The number of alkyl halides is 2. The second-order valence-corrected chi connectivity index (χ2v) is 6.07. The van der Waals surface area contributed by atoms with Crippen LogP contribution in [0.15, 0.2) is 48.5 Å². The lowest BCUT2D eigenvalue weighted by molar-refractivity contribution is -0.0502. The van der Waals surface area contributed by atoms with E-state index in [0.717, 1.165) is 5.69 Å². The van der Waals surface area contributed by atoms with Gasteiger partial charge >= 0.3 is 6.61 Å². The highest BCUT2D eigenvalue weighted by atomic mass is 35.5. The van der Waals surface area contributed by atoms with Crippen LogP contribution in [-0.2, 0) is 0 Å². The molecule has 7 heteroatoms. The first-order valence-corrected chi connectivity index (χ1v) is 8.26. The number of piperazine rings is 1. The van der Waals surface area contributed by atoms with Gasteiger partial charge in [0, 0.05) is 36.9 Å². The predicted octanol–water partition coefficient (Wildman–Crippen LogP) is 3.90. The van der Waals surface area contributed by atoms with E-state index in [1.54, 1.807) is 17.0 Å². The number of hydrogen-bond acceptors (Lipinski definition) is 3. The molecular weight excluding hydrogens is 350 g/mol. The summed E-state index contributed by atoms with van der Waals surface area (Å²) in [6, 6.07) is 13.6. The Morgan fingerprint density at radius 2 is 1.64 bits per heavy atom. The maximum Gasteiger partial charge on any atom is 0.387 e. The Morgan fingerprint density at radius 3 is 2.28 bits per heavy atom. The molecule has 0 spiro atoms. The molecule has 0 atom stereocenters. The Balaban J connectivity index is 1.67. The quantitative estimate of drug-likeness (QED) is 0.822. The van der Waals surface area contributed by atoms with Gasteiger partial charge in [-0.25, -0.2) is 0 Å². The van der Waals surface area contributed by atoms with Crippen LogP contribution in [0.2, 0.25) is 5.02 Å². The number of carbonyl (C=O) groups is 1. The largest absolute Gasteiger partial charge is 0.434 e. The van der Waals surface area contributed by atoms with E-state index < -0.39 is 6.61 Å². The van der Waals surface area contributed by atoms with Crippen molar-refractivity contribution in [3.05, 3.63) is 59.1 Å². The fraction of sp³-hybridized carbons (Fsp3) is 0.278. The summed E-state index contributed by atoms with van der Waals surface area (Å²) in [6.45, 7) is -0.637. The van der Waals surface area contributed by atoms with Crippen LogP contribution < -0.4 is 9.64 Å². The van der Waals surface area contributed by atoms with Crippen molar-refractivity contribution in [2.45, 2.75) is 6.61 Å². The molecular formula is C18H17ClF2N2O2. The van der Waals surface area contributed by atoms with Crippen molar-refractivity contribution in [2.24, 2.45) is 0 Å². The van der Waals surface area contributed by atoms with Crippen LogP contribution in [0.3, 0.4) is 0 Å². The summed E-state index contributed by atoms with van der Waals surface area (Å²) in [7, 11) is 0. The van der Waals surface area contributed by atoms with Crippen LogP contribution in [0, 0.1) is 0 Å². The Labute approximate surface area is 149 Å². The lowest BCUT2D eigenvalue weighted by Crippen LogP contribution is -2.48. The first-order valence-electron chi connectivity index (χ1n) is 7.88. The number of halogens is 3. The highest BCUT2D eigenvalue weighted by Crippen LogP contribution is 2.24. The summed E-state index contributed by atoms with van der Waals surface area (Å²) < 4.78 is 29.5. The van der Waals surface area contributed by atoms with E-state index in [1.807, 2.05) is 24.3 Å². The van der Waals surface area contributed by atoms with Crippen LogP contribution >= 0.6 is 11.6 Å². The van der Waals surface area contributed by atoms with Gasteiger partial charge in [-0.1, -0.05) is 23.7 Å². The molecule has 1 fully saturated rings. The van der Waals surface area contributed by atoms with Gasteiger partial charge in [-0.15, -0.1) is 0 Å². The SMILES string of the molecule is O=C(c1ccccc1OC(F)F)N1CCN(c2ccc(Cl)cc2)CC1. The molecule has 1 amide bonds. The highest BCUT2D eigenvalue weighted by molar-refractivity contribution is 6.30. The van der Waals surface area contributed by atoms with Crippen LogP contribution in [0.1, 0.15) is 10.4 Å². The number of nitrogens with zero attached hydrogens (tertiary/aromatic N) is 2. The smallest absolute Gasteiger partial charge is 0.387 e. The third kappa shape index (κ3) is 4.20. The lowest BCUT2D eigenvalue weighted by atomic mass is 10.1. The number of anilines is 1. The first kappa shape index (κ1) is 17.5. The summed E-state index contributed by atoms with van der Waals surface area (Å²) >= 11 is 5.90. The van der Waals surface area contributed by atoms with Crippen molar-refractivity contribution >= 4 is 23.2 Å². The fourth-order valence-electron chi connectivity index (χ4n) is 2.83. The number of benzene rings is 2. The second kappa shape index (κ2) is 7.70. The predicted molar refractivity (Wildman–Crippen MR) is 92.6 cm³/mol. The molecule has 2 aromatic rings. The number of ether oxygens (including phenoxy) is 1. The molecule has 3 rings (SSSR count). The molecule has 0 saturated carbocycles.